The Hall–Kier alpha value is -2.19. The van der Waals surface area contributed by atoms with Gasteiger partial charge in [0.05, 0.1) is 28.7 Å². The number of para-hydroxylation sites is 1. The van der Waals surface area contributed by atoms with Crippen LogP contribution in [0.5, 0.6) is 0 Å². The quantitative estimate of drug-likeness (QED) is 0.912. The number of hydrogen-bond acceptors (Lipinski definition) is 5. The molecule has 1 atom stereocenters. The SMILES string of the molecule is CS(=O)(=O)c1ccccc1-n1cc(NC(=O)C2CCCO2)cn1. The summed E-state index contributed by atoms with van der Waals surface area (Å²) < 4.78 is 30.5. The van der Waals surface area contributed by atoms with Crippen LogP contribution in [0.4, 0.5) is 5.69 Å². The number of ether oxygens (including phenoxy) is 1. The molecule has 1 unspecified atom stereocenters. The summed E-state index contributed by atoms with van der Waals surface area (Å²) in [5.41, 5.74) is 0.932. The third-order valence-electron chi connectivity index (χ3n) is 3.58. The third-order valence-corrected chi connectivity index (χ3v) is 4.73. The van der Waals surface area contributed by atoms with Gasteiger partial charge in [0.15, 0.2) is 9.84 Å². The average Bonchev–Trinajstić information content (AvgIpc) is 3.18. The van der Waals surface area contributed by atoms with E-state index in [2.05, 4.69) is 10.4 Å². The van der Waals surface area contributed by atoms with Gasteiger partial charge in [-0.05, 0) is 25.0 Å². The molecule has 0 radical (unpaired) electrons. The van der Waals surface area contributed by atoms with Crippen LogP contribution >= 0.6 is 0 Å². The van der Waals surface area contributed by atoms with Gasteiger partial charge in [0.2, 0.25) is 0 Å². The van der Waals surface area contributed by atoms with E-state index in [1.54, 1.807) is 24.4 Å². The Kier molecular flexibility index (Phi) is 4.18. The minimum Gasteiger partial charge on any atom is -0.368 e. The van der Waals surface area contributed by atoms with E-state index in [9.17, 15) is 13.2 Å². The van der Waals surface area contributed by atoms with E-state index in [1.807, 2.05) is 0 Å². The fourth-order valence-electron chi connectivity index (χ4n) is 2.49. The summed E-state index contributed by atoms with van der Waals surface area (Å²) in [7, 11) is -3.38. The molecule has 1 N–H and O–H groups in total. The number of anilines is 1. The summed E-state index contributed by atoms with van der Waals surface area (Å²) in [6.45, 7) is 0.596. The summed E-state index contributed by atoms with van der Waals surface area (Å²) in [5.74, 6) is -0.210. The number of sulfone groups is 1. The lowest BCUT2D eigenvalue weighted by Crippen LogP contribution is -2.26. The van der Waals surface area contributed by atoms with Crippen LogP contribution in [0.3, 0.4) is 0 Å². The van der Waals surface area contributed by atoms with Gasteiger partial charge in [-0.25, -0.2) is 13.1 Å². The second-order valence-corrected chi connectivity index (χ2v) is 7.39. The third kappa shape index (κ3) is 3.43. The van der Waals surface area contributed by atoms with Crippen molar-refractivity contribution in [3.8, 4) is 5.69 Å². The van der Waals surface area contributed by atoms with Gasteiger partial charge in [0, 0.05) is 12.9 Å². The second kappa shape index (κ2) is 6.13. The maximum atomic E-state index is 12.0. The van der Waals surface area contributed by atoms with Crippen LogP contribution in [0.1, 0.15) is 12.8 Å². The van der Waals surface area contributed by atoms with Gasteiger partial charge >= 0.3 is 0 Å². The fourth-order valence-corrected chi connectivity index (χ4v) is 3.35. The molecule has 0 aliphatic carbocycles. The molecular weight excluding hydrogens is 318 g/mol. The maximum Gasteiger partial charge on any atom is 0.253 e. The van der Waals surface area contributed by atoms with Gasteiger partial charge in [0.1, 0.15) is 6.10 Å². The number of aromatic nitrogens is 2. The number of nitrogens with zero attached hydrogens (tertiary/aromatic N) is 2. The molecule has 7 nitrogen and oxygen atoms in total. The lowest BCUT2D eigenvalue weighted by molar-refractivity contribution is -0.124. The van der Waals surface area contributed by atoms with E-state index in [0.29, 0.717) is 24.4 Å². The molecule has 2 aromatic rings. The number of carbonyl (C=O) groups is 1. The predicted molar refractivity (Wildman–Crippen MR) is 84.3 cm³/mol. The van der Waals surface area contributed by atoms with Crippen molar-refractivity contribution in [3.05, 3.63) is 36.7 Å². The number of hydrogen-bond donors (Lipinski definition) is 1. The van der Waals surface area contributed by atoms with Gasteiger partial charge in [-0.3, -0.25) is 4.79 Å². The normalized spacial score (nSPS) is 18.0. The van der Waals surface area contributed by atoms with Crippen LogP contribution < -0.4 is 5.32 Å². The summed E-state index contributed by atoms with van der Waals surface area (Å²) in [6, 6.07) is 6.58. The van der Waals surface area contributed by atoms with Crippen molar-refractivity contribution in [2.24, 2.45) is 0 Å². The van der Waals surface area contributed by atoms with E-state index in [4.69, 9.17) is 4.74 Å². The molecule has 0 spiro atoms. The van der Waals surface area contributed by atoms with E-state index >= 15 is 0 Å². The average molecular weight is 335 g/mol. The molecule has 1 aromatic carbocycles. The summed E-state index contributed by atoms with van der Waals surface area (Å²) >= 11 is 0. The standard InChI is InChI=1S/C15H17N3O4S/c1-23(20,21)14-7-3-2-5-12(14)18-10-11(9-16-18)17-15(19)13-6-4-8-22-13/h2-3,5,7,9-10,13H,4,6,8H2,1H3,(H,17,19). The lowest BCUT2D eigenvalue weighted by atomic mass is 10.2. The number of carbonyl (C=O) groups excluding carboxylic acids is 1. The molecule has 0 saturated carbocycles. The van der Waals surface area contributed by atoms with Crippen molar-refractivity contribution >= 4 is 21.4 Å². The highest BCUT2D eigenvalue weighted by Crippen LogP contribution is 2.21. The number of benzene rings is 1. The monoisotopic (exact) mass is 335 g/mol. The van der Waals surface area contributed by atoms with Crippen LogP contribution in [-0.2, 0) is 19.4 Å². The first kappa shape index (κ1) is 15.7. The molecule has 1 aromatic heterocycles. The van der Waals surface area contributed by atoms with Gasteiger partial charge in [0.25, 0.3) is 5.91 Å². The smallest absolute Gasteiger partial charge is 0.253 e. The Morgan fingerprint density at radius 2 is 2.17 bits per heavy atom. The highest BCUT2D eigenvalue weighted by atomic mass is 32.2. The van der Waals surface area contributed by atoms with E-state index in [1.165, 1.54) is 16.9 Å². The molecule has 1 aliphatic heterocycles. The Morgan fingerprint density at radius 3 is 2.87 bits per heavy atom. The van der Waals surface area contributed by atoms with E-state index in [-0.39, 0.29) is 10.8 Å². The Bertz CT molecular complexity index is 823. The van der Waals surface area contributed by atoms with Crippen LogP contribution in [-0.4, -0.2) is 43.1 Å². The van der Waals surface area contributed by atoms with Crippen molar-refractivity contribution in [3.63, 3.8) is 0 Å². The van der Waals surface area contributed by atoms with Gasteiger partial charge < -0.3 is 10.1 Å². The van der Waals surface area contributed by atoms with Crippen molar-refractivity contribution in [1.82, 2.24) is 9.78 Å². The van der Waals surface area contributed by atoms with Crippen LogP contribution in [0, 0.1) is 0 Å². The van der Waals surface area contributed by atoms with Crippen molar-refractivity contribution < 1.29 is 17.9 Å². The molecule has 8 heteroatoms. The largest absolute Gasteiger partial charge is 0.368 e. The molecule has 23 heavy (non-hydrogen) atoms. The minimum atomic E-state index is -3.38. The molecule has 3 rings (SSSR count). The van der Waals surface area contributed by atoms with Gasteiger partial charge in [-0.1, -0.05) is 12.1 Å². The lowest BCUT2D eigenvalue weighted by Gasteiger charge is -2.09. The maximum absolute atomic E-state index is 12.0. The zero-order chi connectivity index (χ0) is 16.4. The van der Waals surface area contributed by atoms with Crippen LogP contribution in [0.2, 0.25) is 0 Å². The molecular formula is C15H17N3O4S. The van der Waals surface area contributed by atoms with Crippen molar-refractivity contribution in [2.75, 3.05) is 18.2 Å². The first-order valence-corrected chi connectivity index (χ1v) is 9.11. The molecule has 1 fully saturated rings. The molecule has 1 aliphatic rings. The van der Waals surface area contributed by atoms with Crippen molar-refractivity contribution in [1.29, 1.82) is 0 Å². The minimum absolute atomic E-state index is 0.181. The predicted octanol–water partition coefficient (Wildman–Crippen LogP) is 1.39. The Morgan fingerprint density at radius 1 is 1.39 bits per heavy atom. The zero-order valence-corrected chi connectivity index (χ0v) is 13.4. The summed E-state index contributed by atoms with van der Waals surface area (Å²) in [6.07, 6.45) is 5.36. The van der Waals surface area contributed by atoms with Crippen LogP contribution in [0.15, 0.2) is 41.6 Å². The number of amides is 1. The van der Waals surface area contributed by atoms with E-state index in [0.717, 1.165) is 12.7 Å². The second-order valence-electron chi connectivity index (χ2n) is 5.40. The van der Waals surface area contributed by atoms with Crippen molar-refractivity contribution in [2.45, 2.75) is 23.8 Å². The van der Waals surface area contributed by atoms with E-state index < -0.39 is 15.9 Å². The fraction of sp³-hybridized carbons (Fsp3) is 0.333. The highest BCUT2D eigenvalue weighted by Gasteiger charge is 2.24. The summed E-state index contributed by atoms with van der Waals surface area (Å²) in [5, 5.41) is 6.87. The summed E-state index contributed by atoms with van der Waals surface area (Å²) in [4.78, 5) is 12.2. The molecule has 1 amide bonds. The highest BCUT2D eigenvalue weighted by molar-refractivity contribution is 7.90. The Labute approximate surface area is 134 Å². The van der Waals surface area contributed by atoms with Gasteiger partial charge in [-0.2, -0.15) is 5.10 Å². The molecule has 2 heterocycles. The first-order chi connectivity index (χ1) is 10.9. The molecule has 122 valence electrons. The van der Waals surface area contributed by atoms with Crippen LogP contribution in [0.25, 0.3) is 5.69 Å². The Balaban J connectivity index is 1.84. The number of nitrogens with one attached hydrogen (secondary N) is 1. The topological polar surface area (TPSA) is 90.3 Å². The number of rotatable bonds is 4. The van der Waals surface area contributed by atoms with Gasteiger partial charge in [-0.15, -0.1) is 0 Å². The first-order valence-electron chi connectivity index (χ1n) is 7.22. The molecule has 1 saturated heterocycles. The zero-order valence-electron chi connectivity index (χ0n) is 12.6. The molecule has 0 bridgehead atoms.